The molecule has 1 aliphatic rings. The predicted octanol–water partition coefficient (Wildman–Crippen LogP) is 2.51. The van der Waals surface area contributed by atoms with Crippen LogP contribution in [0.15, 0.2) is 18.3 Å². The Labute approximate surface area is 110 Å². The Kier molecular flexibility index (Phi) is 4.72. The molecule has 1 fully saturated rings. The molecule has 1 aromatic rings. The van der Waals surface area contributed by atoms with Crippen LogP contribution in [0.1, 0.15) is 43.5 Å². The van der Waals surface area contributed by atoms with Crippen molar-refractivity contribution in [1.29, 1.82) is 0 Å². The third kappa shape index (κ3) is 3.09. The van der Waals surface area contributed by atoms with Crippen LogP contribution in [0.5, 0.6) is 0 Å². The van der Waals surface area contributed by atoms with Crippen molar-refractivity contribution < 1.29 is 0 Å². The molecule has 0 aliphatic carbocycles. The second-order valence-corrected chi connectivity index (χ2v) is 5.40. The molecule has 0 aromatic carbocycles. The number of nitrogens with two attached hydrogens (primary N) is 1. The normalized spacial score (nSPS) is 22.9. The number of piperidine rings is 1. The van der Waals surface area contributed by atoms with Crippen molar-refractivity contribution in [3.63, 3.8) is 0 Å². The van der Waals surface area contributed by atoms with Crippen LogP contribution >= 0.6 is 0 Å². The van der Waals surface area contributed by atoms with Gasteiger partial charge in [0.25, 0.3) is 0 Å². The zero-order chi connectivity index (χ0) is 13.0. The molecule has 2 N–H and O–H groups in total. The fraction of sp³-hybridized carbons (Fsp3) is 0.667. The monoisotopic (exact) mass is 247 g/mol. The van der Waals surface area contributed by atoms with Crippen LogP contribution in [0, 0.1) is 12.8 Å². The maximum Gasteiger partial charge on any atom is 0.0485 e. The van der Waals surface area contributed by atoms with Crippen molar-refractivity contribution in [2.75, 3.05) is 19.6 Å². The summed E-state index contributed by atoms with van der Waals surface area (Å²) in [7, 11) is 0. The summed E-state index contributed by atoms with van der Waals surface area (Å²) in [5.41, 5.74) is 8.32. The first-order valence-corrected chi connectivity index (χ1v) is 7.11. The second-order valence-electron chi connectivity index (χ2n) is 5.40. The van der Waals surface area contributed by atoms with Gasteiger partial charge in [0.2, 0.25) is 0 Å². The van der Waals surface area contributed by atoms with Crippen LogP contribution in [0.4, 0.5) is 0 Å². The van der Waals surface area contributed by atoms with Gasteiger partial charge in [0.05, 0.1) is 0 Å². The van der Waals surface area contributed by atoms with Gasteiger partial charge >= 0.3 is 0 Å². The van der Waals surface area contributed by atoms with E-state index in [-0.39, 0.29) is 0 Å². The van der Waals surface area contributed by atoms with Crippen molar-refractivity contribution in [3.8, 4) is 0 Å². The number of nitrogens with zero attached hydrogens (tertiary/aromatic N) is 2. The van der Waals surface area contributed by atoms with Gasteiger partial charge in [-0.15, -0.1) is 0 Å². The summed E-state index contributed by atoms with van der Waals surface area (Å²) in [6, 6.07) is 4.60. The van der Waals surface area contributed by atoms with Gasteiger partial charge in [-0.25, -0.2) is 0 Å². The molecule has 18 heavy (non-hydrogen) atoms. The zero-order valence-electron chi connectivity index (χ0n) is 11.6. The molecule has 2 atom stereocenters. The Morgan fingerprint density at radius 3 is 2.94 bits per heavy atom. The first-order valence-electron chi connectivity index (χ1n) is 7.11. The van der Waals surface area contributed by atoms with E-state index < -0.39 is 0 Å². The van der Waals surface area contributed by atoms with Crippen molar-refractivity contribution in [2.24, 2.45) is 11.7 Å². The van der Waals surface area contributed by atoms with Crippen LogP contribution in [-0.4, -0.2) is 29.5 Å². The highest BCUT2D eigenvalue weighted by Gasteiger charge is 2.25. The molecule has 0 radical (unpaired) electrons. The Bertz CT molecular complexity index is 361. The molecule has 0 amide bonds. The lowest BCUT2D eigenvalue weighted by atomic mass is 9.93. The van der Waals surface area contributed by atoms with Crippen molar-refractivity contribution in [1.82, 2.24) is 9.88 Å². The van der Waals surface area contributed by atoms with Crippen LogP contribution in [-0.2, 0) is 0 Å². The largest absolute Gasteiger partial charge is 0.329 e. The number of aromatic nitrogens is 1. The number of aryl methyl sites for hydroxylation is 1. The van der Waals surface area contributed by atoms with E-state index in [9.17, 15) is 0 Å². The maximum atomic E-state index is 5.99. The van der Waals surface area contributed by atoms with E-state index in [1.807, 2.05) is 13.1 Å². The van der Waals surface area contributed by atoms with Crippen LogP contribution in [0.2, 0.25) is 0 Å². The lowest BCUT2D eigenvalue weighted by molar-refractivity contribution is 0.124. The van der Waals surface area contributed by atoms with Gasteiger partial charge in [0, 0.05) is 31.0 Å². The predicted molar refractivity (Wildman–Crippen MR) is 75.4 cm³/mol. The minimum absolute atomic E-state index is 0.340. The SMILES string of the molecule is CCC1CCCN(C(CN)c2ccc(C)nc2)C1. The van der Waals surface area contributed by atoms with Gasteiger partial charge in [0.15, 0.2) is 0 Å². The average molecular weight is 247 g/mol. The molecule has 1 aliphatic heterocycles. The molecule has 0 saturated carbocycles. The standard InChI is InChI=1S/C15H25N3/c1-3-13-5-4-8-18(11-13)15(9-16)14-7-6-12(2)17-10-14/h6-7,10,13,15H,3-5,8-9,11,16H2,1-2H3. The molecular weight excluding hydrogens is 222 g/mol. The summed E-state index contributed by atoms with van der Waals surface area (Å²) in [5.74, 6) is 0.839. The molecule has 1 saturated heterocycles. The maximum absolute atomic E-state index is 5.99. The molecule has 3 nitrogen and oxygen atoms in total. The lowest BCUT2D eigenvalue weighted by Gasteiger charge is -2.37. The smallest absolute Gasteiger partial charge is 0.0485 e. The molecule has 2 unspecified atom stereocenters. The van der Waals surface area contributed by atoms with Crippen LogP contribution in [0.25, 0.3) is 0 Å². The molecule has 3 heteroatoms. The minimum atomic E-state index is 0.340. The van der Waals surface area contributed by atoms with E-state index >= 15 is 0 Å². The Morgan fingerprint density at radius 2 is 2.33 bits per heavy atom. The van der Waals surface area contributed by atoms with E-state index in [0.717, 1.165) is 11.6 Å². The summed E-state index contributed by atoms with van der Waals surface area (Å²) in [4.78, 5) is 6.95. The molecule has 2 heterocycles. The Balaban J connectivity index is 2.10. The fourth-order valence-electron chi connectivity index (χ4n) is 2.89. The second kappa shape index (κ2) is 6.30. The number of pyridine rings is 1. The van der Waals surface area contributed by atoms with Crippen molar-refractivity contribution in [3.05, 3.63) is 29.6 Å². The molecule has 100 valence electrons. The van der Waals surface area contributed by atoms with Gasteiger partial charge < -0.3 is 5.73 Å². The molecule has 1 aromatic heterocycles. The van der Waals surface area contributed by atoms with E-state index in [4.69, 9.17) is 5.73 Å². The van der Waals surface area contributed by atoms with Gasteiger partial charge in [-0.1, -0.05) is 19.4 Å². The Morgan fingerprint density at radius 1 is 1.50 bits per heavy atom. The first-order chi connectivity index (χ1) is 8.74. The van der Waals surface area contributed by atoms with Crippen LogP contribution in [0.3, 0.4) is 0 Å². The molecule has 0 bridgehead atoms. The van der Waals surface area contributed by atoms with Gasteiger partial charge in [-0.2, -0.15) is 0 Å². The average Bonchev–Trinajstić information content (AvgIpc) is 2.42. The minimum Gasteiger partial charge on any atom is -0.329 e. The quantitative estimate of drug-likeness (QED) is 0.889. The zero-order valence-corrected chi connectivity index (χ0v) is 11.6. The van der Waals surface area contributed by atoms with Gasteiger partial charge in [-0.05, 0) is 43.9 Å². The topological polar surface area (TPSA) is 42.1 Å². The van der Waals surface area contributed by atoms with E-state index in [2.05, 4.69) is 28.9 Å². The first kappa shape index (κ1) is 13.5. The number of likely N-dealkylation sites (tertiary alicyclic amines) is 1. The van der Waals surface area contributed by atoms with Gasteiger partial charge in [0.1, 0.15) is 0 Å². The highest BCUT2D eigenvalue weighted by molar-refractivity contribution is 5.18. The summed E-state index contributed by atoms with van der Waals surface area (Å²) in [6.07, 6.45) is 5.94. The molecule has 2 rings (SSSR count). The fourth-order valence-corrected chi connectivity index (χ4v) is 2.89. The summed E-state index contributed by atoms with van der Waals surface area (Å²) in [5, 5.41) is 0. The van der Waals surface area contributed by atoms with E-state index in [1.54, 1.807) is 0 Å². The highest BCUT2D eigenvalue weighted by atomic mass is 15.2. The third-order valence-corrected chi connectivity index (χ3v) is 4.11. The number of rotatable bonds is 4. The van der Waals surface area contributed by atoms with Crippen LogP contribution < -0.4 is 5.73 Å². The summed E-state index contributed by atoms with van der Waals surface area (Å²) < 4.78 is 0. The summed E-state index contributed by atoms with van der Waals surface area (Å²) >= 11 is 0. The Hall–Kier alpha value is -0.930. The molecular formula is C15H25N3. The highest BCUT2D eigenvalue weighted by Crippen LogP contribution is 2.27. The van der Waals surface area contributed by atoms with Gasteiger partial charge in [-0.3, -0.25) is 9.88 Å². The van der Waals surface area contributed by atoms with Crippen molar-refractivity contribution >= 4 is 0 Å². The summed E-state index contributed by atoms with van der Waals surface area (Å²) in [6.45, 7) is 7.36. The van der Waals surface area contributed by atoms with Crippen molar-refractivity contribution in [2.45, 2.75) is 39.2 Å². The van der Waals surface area contributed by atoms with E-state index in [1.165, 1.54) is 37.9 Å². The van der Waals surface area contributed by atoms with E-state index in [0.29, 0.717) is 12.6 Å². The third-order valence-electron chi connectivity index (χ3n) is 4.11. The number of hydrogen-bond acceptors (Lipinski definition) is 3. The lowest BCUT2D eigenvalue weighted by Crippen LogP contribution is -2.41. The molecule has 0 spiro atoms. The number of hydrogen-bond donors (Lipinski definition) is 1.